The fraction of sp³-hybridized carbons (Fsp3) is 0. The molecular formula is C34H20S. The van der Waals surface area contributed by atoms with Gasteiger partial charge in [0.2, 0.25) is 0 Å². The second kappa shape index (κ2) is 7.15. The van der Waals surface area contributed by atoms with E-state index < -0.39 is 0 Å². The van der Waals surface area contributed by atoms with Crippen LogP contribution in [0.1, 0.15) is 0 Å². The molecule has 7 aromatic carbocycles. The summed E-state index contributed by atoms with van der Waals surface area (Å²) in [5, 5.41) is 13.2. The zero-order valence-electron chi connectivity index (χ0n) is 19.0. The van der Waals surface area contributed by atoms with Crippen LogP contribution >= 0.6 is 11.3 Å². The summed E-state index contributed by atoms with van der Waals surface area (Å²) in [6.45, 7) is 0. The van der Waals surface area contributed by atoms with Crippen molar-refractivity contribution < 1.29 is 0 Å². The summed E-state index contributed by atoms with van der Waals surface area (Å²) < 4.78 is 2.71. The third-order valence-corrected chi connectivity index (χ3v) is 8.62. The molecule has 0 spiro atoms. The number of hydrogen-bond donors (Lipinski definition) is 0. The minimum Gasteiger partial charge on any atom is -0.135 e. The van der Waals surface area contributed by atoms with Gasteiger partial charge >= 0.3 is 0 Å². The van der Waals surface area contributed by atoms with Crippen LogP contribution in [0.2, 0.25) is 0 Å². The van der Waals surface area contributed by atoms with E-state index in [0.717, 1.165) is 0 Å². The van der Waals surface area contributed by atoms with Crippen LogP contribution in [0.4, 0.5) is 0 Å². The van der Waals surface area contributed by atoms with Crippen molar-refractivity contribution in [2.45, 2.75) is 0 Å². The van der Waals surface area contributed by atoms with Gasteiger partial charge in [-0.2, -0.15) is 0 Å². The summed E-state index contributed by atoms with van der Waals surface area (Å²) in [5.74, 6) is 0. The molecule has 0 unspecified atom stereocenters. The van der Waals surface area contributed by atoms with Crippen molar-refractivity contribution in [2.24, 2.45) is 0 Å². The fourth-order valence-electron chi connectivity index (χ4n) is 5.79. The average Bonchev–Trinajstić information content (AvgIpc) is 3.29. The molecule has 0 radical (unpaired) electrons. The number of fused-ring (bicyclic) bond motifs is 10. The minimum absolute atomic E-state index is 1.28. The molecule has 0 aliphatic rings. The van der Waals surface area contributed by atoms with Crippen molar-refractivity contribution in [1.29, 1.82) is 0 Å². The van der Waals surface area contributed by atoms with Gasteiger partial charge in [-0.1, -0.05) is 103 Å². The Morgan fingerprint density at radius 3 is 1.66 bits per heavy atom. The summed E-state index contributed by atoms with van der Waals surface area (Å²) in [7, 11) is 0. The first-order valence-corrected chi connectivity index (χ1v) is 12.8. The Labute approximate surface area is 206 Å². The van der Waals surface area contributed by atoms with Crippen LogP contribution in [-0.2, 0) is 0 Å². The van der Waals surface area contributed by atoms with Gasteiger partial charge in [-0.05, 0) is 72.4 Å². The van der Waals surface area contributed by atoms with Crippen LogP contribution in [0.5, 0.6) is 0 Å². The van der Waals surface area contributed by atoms with Crippen LogP contribution in [0, 0.1) is 0 Å². The zero-order valence-corrected chi connectivity index (χ0v) is 19.8. The maximum absolute atomic E-state index is 2.40. The number of benzene rings is 7. The smallest absolute Gasteiger partial charge is 0.0433 e. The lowest BCUT2D eigenvalue weighted by atomic mass is 9.92. The Morgan fingerprint density at radius 1 is 0.371 bits per heavy atom. The highest BCUT2D eigenvalue weighted by atomic mass is 32.1. The highest BCUT2D eigenvalue weighted by Crippen LogP contribution is 2.43. The monoisotopic (exact) mass is 460 g/mol. The number of thiophene rings is 1. The lowest BCUT2D eigenvalue weighted by Crippen LogP contribution is -1.85. The zero-order chi connectivity index (χ0) is 22.9. The van der Waals surface area contributed by atoms with Crippen molar-refractivity contribution in [3.05, 3.63) is 121 Å². The maximum Gasteiger partial charge on any atom is 0.0433 e. The van der Waals surface area contributed by atoms with Crippen molar-refractivity contribution >= 4 is 74.6 Å². The Kier molecular flexibility index (Phi) is 3.91. The van der Waals surface area contributed by atoms with Gasteiger partial charge in [0.1, 0.15) is 0 Å². The van der Waals surface area contributed by atoms with E-state index in [9.17, 15) is 0 Å². The molecule has 8 aromatic rings. The highest BCUT2D eigenvalue weighted by Gasteiger charge is 2.13. The predicted molar refractivity (Wildman–Crippen MR) is 155 cm³/mol. The van der Waals surface area contributed by atoms with Crippen molar-refractivity contribution in [2.75, 3.05) is 0 Å². The van der Waals surface area contributed by atoms with Gasteiger partial charge < -0.3 is 0 Å². The first-order chi connectivity index (χ1) is 17.3. The van der Waals surface area contributed by atoms with Crippen molar-refractivity contribution in [1.82, 2.24) is 0 Å². The highest BCUT2D eigenvalue weighted by molar-refractivity contribution is 7.26. The lowest BCUT2D eigenvalue weighted by molar-refractivity contribution is 1.73. The van der Waals surface area contributed by atoms with Crippen LogP contribution < -0.4 is 0 Å². The SMILES string of the molecule is c1ccc2cc3c(cc2c1)sc1c(-c2ccc4c5ccccc5c5ccccc5c4c2)cccc13. The molecule has 8 rings (SSSR count). The van der Waals surface area contributed by atoms with E-state index in [1.54, 1.807) is 0 Å². The molecule has 0 N–H and O–H groups in total. The molecular weight excluding hydrogens is 440 g/mol. The normalized spacial score (nSPS) is 12.0. The van der Waals surface area contributed by atoms with Crippen molar-refractivity contribution in [3.8, 4) is 11.1 Å². The summed E-state index contributed by atoms with van der Waals surface area (Å²) >= 11 is 1.91. The Hall–Kier alpha value is -4.20. The molecule has 0 saturated carbocycles. The lowest BCUT2D eigenvalue weighted by Gasteiger charge is -2.12. The van der Waals surface area contributed by atoms with E-state index in [1.165, 1.54) is 74.4 Å². The van der Waals surface area contributed by atoms with Crippen LogP contribution in [-0.4, -0.2) is 0 Å². The Bertz CT molecular complexity index is 2070. The largest absolute Gasteiger partial charge is 0.135 e. The molecule has 0 saturated heterocycles. The minimum atomic E-state index is 1.28. The van der Waals surface area contributed by atoms with Gasteiger partial charge in [-0.3, -0.25) is 0 Å². The predicted octanol–water partition coefficient (Wildman–Crippen LogP) is 10.3. The Morgan fingerprint density at radius 2 is 0.943 bits per heavy atom. The van der Waals surface area contributed by atoms with Gasteiger partial charge in [-0.25, -0.2) is 0 Å². The second-order valence-corrected chi connectivity index (χ2v) is 10.4. The summed E-state index contributed by atoms with van der Waals surface area (Å²) in [4.78, 5) is 0. The summed E-state index contributed by atoms with van der Waals surface area (Å²) in [5.41, 5.74) is 2.59. The molecule has 0 amide bonds. The van der Waals surface area contributed by atoms with E-state index in [0.29, 0.717) is 0 Å². The molecule has 1 heterocycles. The molecule has 0 fully saturated rings. The van der Waals surface area contributed by atoms with Gasteiger partial charge in [0.15, 0.2) is 0 Å². The van der Waals surface area contributed by atoms with E-state index in [-0.39, 0.29) is 0 Å². The molecule has 0 nitrogen and oxygen atoms in total. The first kappa shape index (κ1) is 19.1. The van der Waals surface area contributed by atoms with Gasteiger partial charge in [0, 0.05) is 20.2 Å². The third kappa shape index (κ3) is 2.73. The molecule has 1 heteroatoms. The van der Waals surface area contributed by atoms with E-state index in [2.05, 4.69) is 121 Å². The van der Waals surface area contributed by atoms with E-state index >= 15 is 0 Å². The maximum atomic E-state index is 2.40. The molecule has 162 valence electrons. The van der Waals surface area contributed by atoms with Crippen LogP contribution in [0.15, 0.2) is 121 Å². The third-order valence-electron chi connectivity index (χ3n) is 7.42. The second-order valence-electron chi connectivity index (χ2n) is 9.33. The van der Waals surface area contributed by atoms with E-state index in [1.807, 2.05) is 11.3 Å². The molecule has 0 aliphatic carbocycles. The van der Waals surface area contributed by atoms with Gasteiger partial charge in [0.25, 0.3) is 0 Å². The van der Waals surface area contributed by atoms with Crippen LogP contribution in [0.25, 0.3) is 74.4 Å². The fourth-order valence-corrected chi connectivity index (χ4v) is 7.05. The molecule has 1 aromatic heterocycles. The first-order valence-electron chi connectivity index (χ1n) is 12.0. The van der Waals surface area contributed by atoms with E-state index in [4.69, 9.17) is 0 Å². The molecule has 0 atom stereocenters. The molecule has 0 aliphatic heterocycles. The summed E-state index contributed by atoms with van der Waals surface area (Å²) in [6, 6.07) is 44.7. The standard InChI is InChI=1S/C34H20S/c1-2-9-22-20-33-32(18-21(22)8-1)30-15-7-14-24(34(30)35-33)23-16-17-29-27-12-4-3-10-25(27)26-11-5-6-13-28(26)31(29)19-23/h1-20H. The van der Waals surface area contributed by atoms with Gasteiger partial charge in [-0.15, -0.1) is 11.3 Å². The number of rotatable bonds is 1. The average molecular weight is 461 g/mol. The quantitative estimate of drug-likeness (QED) is 0.214. The molecule has 0 bridgehead atoms. The molecule has 35 heavy (non-hydrogen) atoms. The Balaban J connectivity index is 1.45. The van der Waals surface area contributed by atoms with Crippen molar-refractivity contribution in [3.63, 3.8) is 0 Å². The van der Waals surface area contributed by atoms with Crippen LogP contribution in [0.3, 0.4) is 0 Å². The topological polar surface area (TPSA) is 0 Å². The van der Waals surface area contributed by atoms with Gasteiger partial charge in [0.05, 0.1) is 0 Å². The number of hydrogen-bond acceptors (Lipinski definition) is 1. The summed E-state index contributed by atoms with van der Waals surface area (Å²) in [6.07, 6.45) is 0.